The van der Waals surface area contributed by atoms with Gasteiger partial charge >= 0.3 is 0 Å². The summed E-state index contributed by atoms with van der Waals surface area (Å²) in [5, 5.41) is 5.03. The van der Waals surface area contributed by atoms with Crippen LogP contribution >= 0.6 is 11.3 Å². The first kappa shape index (κ1) is 19.3. The highest BCUT2D eigenvalue weighted by atomic mass is 32.1. The number of hydrogen-bond acceptors (Lipinski definition) is 5. The Kier molecular flexibility index (Phi) is 7.05. The van der Waals surface area contributed by atoms with Crippen molar-refractivity contribution in [3.8, 4) is 0 Å². The fourth-order valence-corrected chi connectivity index (χ4v) is 4.40. The summed E-state index contributed by atoms with van der Waals surface area (Å²) in [5.74, 6) is 0.0861. The van der Waals surface area contributed by atoms with E-state index in [0.717, 1.165) is 56.9 Å². The van der Waals surface area contributed by atoms with Gasteiger partial charge in [-0.1, -0.05) is 6.07 Å². The Labute approximate surface area is 160 Å². The second-order valence-corrected chi connectivity index (χ2v) is 8.32. The normalized spacial score (nSPS) is 21.9. The van der Waals surface area contributed by atoms with Crippen LogP contribution in [0.4, 0.5) is 0 Å². The number of amides is 2. The molecule has 2 fully saturated rings. The number of nitrogens with one attached hydrogen (secondary N) is 1. The molecule has 2 aliphatic rings. The van der Waals surface area contributed by atoms with E-state index in [1.807, 2.05) is 17.5 Å². The van der Waals surface area contributed by atoms with Crippen LogP contribution in [0.15, 0.2) is 17.5 Å². The number of rotatable bonds is 7. The number of hydrogen-bond donors (Lipinski definition) is 1. The van der Waals surface area contributed by atoms with Gasteiger partial charge in [0, 0.05) is 44.1 Å². The van der Waals surface area contributed by atoms with Crippen LogP contribution in [0.5, 0.6) is 0 Å². The molecular weight excluding hydrogens is 348 g/mol. The van der Waals surface area contributed by atoms with Crippen LogP contribution in [0.3, 0.4) is 0 Å². The van der Waals surface area contributed by atoms with Gasteiger partial charge in [0.1, 0.15) is 6.04 Å². The Hall–Kier alpha value is -1.44. The molecule has 0 spiro atoms. The molecule has 2 saturated heterocycles. The molecule has 2 amide bonds. The summed E-state index contributed by atoms with van der Waals surface area (Å²) in [4.78, 5) is 32.7. The predicted molar refractivity (Wildman–Crippen MR) is 104 cm³/mol. The van der Waals surface area contributed by atoms with Gasteiger partial charge in [0.2, 0.25) is 11.8 Å². The second kappa shape index (κ2) is 9.48. The van der Waals surface area contributed by atoms with Crippen molar-refractivity contribution in [3.63, 3.8) is 0 Å². The predicted octanol–water partition coefficient (Wildman–Crippen LogP) is 1.04. The van der Waals surface area contributed by atoms with Gasteiger partial charge in [0.05, 0.1) is 6.42 Å². The largest absolute Gasteiger partial charge is 0.354 e. The summed E-state index contributed by atoms with van der Waals surface area (Å²) in [6, 6.07) is 3.65. The molecule has 3 heterocycles. The quantitative estimate of drug-likeness (QED) is 0.720. The van der Waals surface area contributed by atoms with E-state index >= 15 is 0 Å². The molecule has 6 nitrogen and oxygen atoms in total. The average Bonchev–Trinajstić information content (AvgIpc) is 3.31. The molecule has 0 aliphatic carbocycles. The Morgan fingerprint density at radius 1 is 1.23 bits per heavy atom. The van der Waals surface area contributed by atoms with Crippen LogP contribution in [0, 0.1) is 0 Å². The highest BCUT2D eigenvalue weighted by Gasteiger charge is 2.33. The third kappa shape index (κ3) is 5.28. The van der Waals surface area contributed by atoms with E-state index in [1.54, 1.807) is 16.2 Å². The number of thiophene rings is 1. The van der Waals surface area contributed by atoms with Gasteiger partial charge in [0.25, 0.3) is 0 Å². The molecule has 1 aromatic rings. The van der Waals surface area contributed by atoms with E-state index in [4.69, 9.17) is 0 Å². The molecule has 1 aromatic heterocycles. The zero-order valence-electron chi connectivity index (χ0n) is 15.7. The molecule has 144 valence electrons. The standard InChI is InChI=1S/C19H30N4O2S/c1-21-10-12-22(13-11-21)8-4-7-20-19(25)17-6-2-9-23(17)18(24)15-16-5-3-14-26-16/h3,5,14,17H,2,4,6-13,15H2,1H3,(H,20,25)/t17-/m0/s1. The smallest absolute Gasteiger partial charge is 0.242 e. The molecule has 26 heavy (non-hydrogen) atoms. The third-order valence-corrected chi connectivity index (χ3v) is 6.20. The van der Waals surface area contributed by atoms with Gasteiger partial charge in [0.15, 0.2) is 0 Å². The van der Waals surface area contributed by atoms with Crippen LogP contribution in [0.1, 0.15) is 24.1 Å². The number of nitrogens with zero attached hydrogens (tertiary/aromatic N) is 3. The van der Waals surface area contributed by atoms with Crippen molar-refractivity contribution >= 4 is 23.2 Å². The first-order chi connectivity index (χ1) is 12.6. The third-order valence-electron chi connectivity index (χ3n) is 5.33. The van der Waals surface area contributed by atoms with Crippen molar-refractivity contribution in [3.05, 3.63) is 22.4 Å². The number of likely N-dealkylation sites (tertiary alicyclic amines) is 1. The van der Waals surface area contributed by atoms with Crippen LogP contribution in [0.25, 0.3) is 0 Å². The molecule has 0 aromatic carbocycles. The van der Waals surface area contributed by atoms with Crippen LogP contribution < -0.4 is 5.32 Å². The monoisotopic (exact) mass is 378 g/mol. The molecule has 0 saturated carbocycles. The molecule has 7 heteroatoms. The summed E-state index contributed by atoms with van der Waals surface area (Å²) in [7, 11) is 2.16. The average molecular weight is 379 g/mol. The first-order valence-electron chi connectivity index (χ1n) is 9.64. The molecule has 3 rings (SSSR count). The molecule has 0 radical (unpaired) electrons. The summed E-state index contributed by atoms with van der Waals surface area (Å²) in [6.07, 6.45) is 3.06. The van der Waals surface area contributed by atoms with Crippen molar-refractivity contribution in [2.24, 2.45) is 0 Å². The molecular formula is C19H30N4O2S. The number of piperazine rings is 1. The van der Waals surface area contributed by atoms with Gasteiger partial charge in [-0.2, -0.15) is 0 Å². The summed E-state index contributed by atoms with van der Waals surface area (Å²) >= 11 is 1.59. The fraction of sp³-hybridized carbons (Fsp3) is 0.684. The molecule has 0 unspecified atom stereocenters. The van der Waals surface area contributed by atoms with Gasteiger partial charge in [-0.3, -0.25) is 9.59 Å². The number of likely N-dealkylation sites (N-methyl/N-ethyl adjacent to an activating group) is 1. The van der Waals surface area contributed by atoms with Gasteiger partial charge in [-0.15, -0.1) is 11.3 Å². The molecule has 1 atom stereocenters. The lowest BCUT2D eigenvalue weighted by atomic mass is 10.2. The minimum Gasteiger partial charge on any atom is -0.354 e. The maximum Gasteiger partial charge on any atom is 0.242 e. The highest BCUT2D eigenvalue weighted by molar-refractivity contribution is 7.10. The second-order valence-electron chi connectivity index (χ2n) is 7.29. The van der Waals surface area contributed by atoms with Gasteiger partial charge in [-0.05, 0) is 44.3 Å². The minimum atomic E-state index is -0.286. The van der Waals surface area contributed by atoms with Crippen molar-refractivity contribution < 1.29 is 9.59 Å². The fourth-order valence-electron chi connectivity index (χ4n) is 3.71. The zero-order chi connectivity index (χ0) is 18.4. The van der Waals surface area contributed by atoms with Crippen LogP contribution in [-0.2, 0) is 16.0 Å². The Morgan fingerprint density at radius 3 is 2.77 bits per heavy atom. The summed E-state index contributed by atoms with van der Waals surface area (Å²) in [5.41, 5.74) is 0. The molecule has 2 aliphatic heterocycles. The van der Waals surface area contributed by atoms with Crippen LogP contribution in [0.2, 0.25) is 0 Å². The summed E-state index contributed by atoms with van der Waals surface area (Å²) in [6.45, 7) is 6.87. The van der Waals surface area contributed by atoms with Gasteiger partial charge < -0.3 is 20.0 Å². The Bertz CT molecular complexity index is 584. The SMILES string of the molecule is CN1CCN(CCCNC(=O)[C@@H]2CCCN2C(=O)Cc2cccs2)CC1. The van der Waals surface area contributed by atoms with E-state index in [1.165, 1.54) is 0 Å². The van der Waals surface area contributed by atoms with E-state index in [-0.39, 0.29) is 17.9 Å². The zero-order valence-corrected chi connectivity index (χ0v) is 16.5. The van der Waals surface area contributed by atoms with Crippen molar-refractivity contribution in [1.82, 2.24) is 20.0 Å². The lowest BCUT2D eigenvalue weighted by molar-refractivity contribution is -0.137. The lowest BCUT2D eigenvalue weighted by Crippen LogP contribution is -2.47. The molecule has 1 N–H and O–H groups in total. The maximum absolute atomic E-state index is 12.5. The topological polar surface area (TPSA) is 55.9 Å². The van der Waals surface area contributed by atoms with E-state index in [2.05, 4.69) is 22.2 Å². The van der Waals surface area contributed by atoms with Crippen molar-refractivity contribution in [2.75, 3.05) is 52.9 Å². The Balaban J connectivity index is 1.38. The maximum atomic E-state index is 12.5. The molecule has 0 bridgehead atoms. The lowest BCUT2D eigenvalue weighted by Gasteiger charge is -2.32. The van der Waals surface area contributed by atoms with Crippen molar-refractivity contribution in [1.29, 1.82) is 0 Å². The highest BCUT2D eigenvalue weighted by Crippen LogP contribution is 2.20. The minimum absolute atomic E-state index is 0.0143. The van der Waals surface area contributed by atoms with Crippen LogP contribution in [-0.4, -0.2) is 85.4 Å². The number of carbonyl (C=O) groups excluding carboxylic acids is 2. The number of carbonyl (C=O) groups is 2. The van der Waals surface area contributed by atoms with E-state index < -0.39 is 0 Å². The Morgan fingerprint density at radius 2 is 2.04 bits per heavy atom. The van der Waals surface area contributed by atoms with E-state index in [0.29, 0.717) is 19.5 Å². The van der Waals surface area contributed by atoms with Gasteiger partial charge in [-0.25, -0.2) is 0 Å². The van der Waals surface area contributed by atoms with Crippen molar-refractivity contribution in [2.45, 2.75) is 31.7 Å². The summed E-state index contributed by atoms with van der Waals surface area (Å²) < 4.78 is 0. The van der Waals surface area contributed by atoms with E-state index in [9.17, 15) is 9.59 Å². The first-order valence-corrected chi connectivity index (χ1v) is 10.5.